The summed E-state index contributed by atoms with van der Waals surface area (Å²) in [6.07, 6.45) is 0. The Balaban J connectivity index is 6.04. The van der Waals surface area contributed by atoms with Gasteiger partial charge in [-0.3, -0.25) is 0 Å². The van der Waals surface area contributed by atoms with Gasteiger partial charge in [0.25, 0.3) is 0 Å². The molecule has 0 spiro atoms. The lowest BCUT2D eigenvalue weighted by atomic mass is 10.1. The van der Waals surface area contributed by atoms with E-state index in [2.05, 4.69) is 248 Å². The van der Waals surface area contributed by atoms with Gasteiger partial charge in [0.15, 0.2) is 1.61 Å². The average Bonchev–Trinajstić information content (AvgIpc) is 1.95. The maximum atomic E-state index is 10.7. The van der Waals surface area contributed by atoms with Crippen molar-refractivity contribution < 1.29 is 5.11 Å². The van der Waals surface area contributed by atoms with E-state index in [1.807, 2.05) is 0 Å². The molecule has 0 fully saturated rings. The van der Waals surface area contributed by atoms with Crippen molar-refractivity contribution in [1.29, 1.82) is 0 Å². The standard InChI is InChI=1S/C5HI11O/c6-1(3(9,10)11,5(15,16)17)2(7,8)4(12,13)14/h17H. The first-order valence-corrected chi connectivity index (χ1v) is 15.2. The first-order chi connectivity index (χ1) is 7.00. The Kier molecular flexibility index (Phi) is 12.9. The number of halogens is 11. The van der Waals surface area contributed by atoms with Crippen LogP contribution in [0.1, 0.15) is 0 Å². The summed E-state index contributed by atoms with van der Waals surface area (Å²) in [6, 6.07) is 0. The number of hydrogen-bond donors (Lipinski definition) is 1. The maximum absolute atomic E-state index is 10.7. The number of rotatable bonds is 4. The topological polar surface area (TPSA) is 20.2 Å². The molecule has 17 heavy (non-hydrogen) atoms. The fourth-order valence-corrected chi connectivity index (χ4v) is 17.7. The highest BCUT2D eigenvalue weighted by Crippen LogP contribution is 2.73. The van der Waals surface area contributed by atoms with Crippen molar-refractivity contribution in [3.05, 3.63) is 0 Å². The Hall–Kier alpha value is 7.99. The van der Waals surface area contributed by atoms with Crippen molar-refractivity contribution in [3.8, 4) is 0 Å². The van der Waals surface area contributed by atoms with Crippen LogP contribution in [0.2, 0.25) is 0 Å². The van der Waals surface area contributed by atoms with E-state index in [1.165, 1.54) is 0 Å². The predicted octanol–water partition coefficient (Wildman–Crippen LogP) is 8.16. The van der Waals surface area contributed by atoms with Crippen LogP contribution in [-0.4, -0.2) is 10.4 Å². The molecule has 104 valence electrons. The first-order valence-electron chi connectivity index (χ1n) is 3.30. The van der Waals surface area contributed by atoms with Gasteiger partial charge in [0.05, 0.1) is 0 Å². The average molecular weight is 1470 g/mol. The second-order valence-electron chi connectivity index (χ2n) is 2.77. The van der Waals surface area contributed by atoms with Crippen LogP contribution in [0.5, 0.6) is 0 Å². The summed E-state index contributed by atoms with van der Waals surface area (Å²) in [5.41, 5.74) is 0. The monoisotopic (exact) mass is 1470 g/mol. The Labute approximate surface area is 251 Å². The molecule has 0 amide bonds. The van der Waals surface area contributed by atoms with Crippen molar-refractivity contribution in [2.75, 3.05) is 0 Å². The minimum Gasteiger partial charge on any atom is -0.369 e. The van der Waals surface area contributed by atoms with Crippen molar-refractivity contribution in [3.63, 3.8) is 0 Å². The molecule has 1 N–H and O–H groups in total. The maximum Gasteiger partial charge on any atom is 0.186 e. The highest BCUT2D eigenvalue weighted by molar-refractivity contribution is 14.3. The molecule has 1 nitrogen and oxygen atoms in total. The lowest BCUT2D eigenvalue weighted by molar-refractivity contribution is 0.229. The predicted molar refractivity (Wildman–Crippen MR) is 170 cm³/mol. The molecule has 0 aliphatic rings. The summed E-state index contributed by atoms with van der Waals surface area (Å²) in [7, 11) is 0. The molecule has 0 bridgehead atoms. The van der Waals surface area contributed by atoms with Crippen LogP contribution in [0.15, 0.2) is 0 Å². The Bertz CT molecular complexity index is 266. The molecular formula is C5HI11O. The number of hydrogen-bond acceptors (Lipinski definition) is 1. The molecule has 0 heterocycles. The minimum atomic E-state index is -0.845. The molecule has 0 saturated heterocycles. The first kappa shape index (κ1) is 25.0. The highest BCUT2D eigenvalue weighted by Gasteiger charge is 2.71. The van der Waals surface area contributed by atoms with Crippen LogP contribution in [0.4, 0.5) is 0 Å². The van der Waals surface area contributed by atoms with Crippen molar-refractivity contribution in [2.45, 2.75) is 5.34 Å². The Morgan fingerprint density at radius 1 is 0.529 bits per heavy atom. The lowest BCUT2D eigenvalue weighted by Crippen LogP contribution is -2.63. The number of alkyl halides is 11. The van der Waals surface area contributed by atoms with Gasteiger partial charge >= 0.3 is 0 Å². The van der Waals surface area contributed by atoms with E-state index in [-0.39, 0.29) is 3.72 Å². The molecule has 12 heteroatoms. The van der Waals surface area contributed by atoms with E-state index in [1.54, 1.807) is 0 Å². The molecule has 1 unspecified atom stereocenters. The van der Waals surface area contributed by atoms with E-state index in [9.17, 15) is 5.11 Å². The van der Waals surface area contributed by atoms with Gasteiger partial charge in [0, 0.05) is 0 Å². The van der Waals surface area contributed by atoms with E-state index < -0.39 is 1.61 Å². The lowest BCUT2D eigenvalue weighted by Gasteiger charge is -2.52. The van der Waals surface area contributed by atoms with Gasteiger partial charge in [-0.2, -0.15) is 0 Å². The third kappa shape index (κ3) is 5.99. The van der Waals surface area contributed by atoms with Gasteiger partial charge < -0.3 is 5.11 Å². The van der Waals surface area contributed by atoms with Crippen molar-refractivity contribution >= 4 is 248 Å². The van der Waals surface area contributed by atoms with Gasteiger partial charge in [-0.1, -0.05) is 203 Å². The molecule has 0 aliphatic heterocycles. The summed E-state index contributed by atoms with van der Waals surface area (Å²) in [5.74, 6) is 0. The van der Waals surface area contributed by atoms with Gasteiger partial charge in [-0.15, -0.1) is 0 Å². The van der Waals surface area contributed by atoms with Crippen LogP contribution in [0, 0.1) is 0 Å². The summed E-state index contributed by atoms with van der Waals surface area (Å²) < 4.78 is -1.45. The largest absolute Gasteiger partial charge is 0.369 e. The zero-order valence-corrected chi connectivity index (χ0v) is 30.8. The molecule has 0 aromatic rings. The van der Waals surface area contributed by atoms with E-state index in [4.69, 9.17) is 0 Å². The molecule has 0 radical (unpaired) electrons. The SMILES string of the molecule is OC(I)(I)C(I)(C(I)(I)I)C(I)(I)C(I)(I)I. The van der Waals surface area contributed by atoms with E-state index >= 15 is 0 Å². The summed E-state index contributed by atoms with van der Waals surface area (Å²) in [4.78, 5) is 0. The Morgan fingerprint density at radius 2 is 0.824 bits per heavy atom. The van der Waals surface area contributed by atoms with E-state index in [0.29, 0.717) is 0 Å². The second kappa shape index (κ2) is 8.79. The van der Waals surface area contributed by atoms with Crippen LogP contribution < -0.4 is 0 Å². The van der Waals surface area contributed by atoms with Crippen LogP contribution >= 0.6 is 248 Å². The third-order valence-corrected chi connectivity index (χ3v) is 27.1. The summed E-state index contributed by atoms with van der Waals surface area (Å²) in [6.45, 7) is 0. The highest BCUT2D eigenvalue weighted by atomic mass is 127. The molecule has 0 saturated carbocycles. The zero-order chi connectivity index (χ0) is 14.5. The molecule has 0 aromatic heterocycles. The Morgan fingerprint density at radius 3 is 0.882 bits per heavy atom. The molecule has 1 atom stereocenters. The minimum absolute atomic E-state index is 0.0142. The third-order valence-electron chi connectivity index (χ3n) is 1.59. The van der Waals surface area contributed by atoms with Gasteiger partial charge in [0.1, 0.15) is 3.72 Å². The van der Waals surface area contributed by atoms with Crippen LogP contribution in [0.25, 0.3) is 0 Å². The van der Waals surface area contributed by atoms with Crippen molar-refractivity contribution in [2.24, 2.45) is 0 Å². The van der Waals surface area contributed by atoms with Gasteiger partial charge in [-0.25, -0.2) is 0 Å². The molecule has 0 aromatic carbocycles. The quantitative estimate of drug-likeness (QED) is 0.223. The second-order valence-corrected chi connectivity index (χ2v) is 37.0. The fraction of sp³-hybridized carbons (Fsp3) is 1.00. The smallest absolute Gasteiger partial charge is 0.186 e. The van der Waals surface area contributed by atoms with Crippen molar-refractivity contribution in [1.82, 2.24) is 0 Å². The summed E-state index contributed by atoms with van der Waals surface area (Å²) in [5, 5.41) is 10.7. The fourth-order valence-electron chi connectivity index (χ4n) is 0.733. The van der Waals surface area contributed by atoms with Gasteiger partial charge in [0.2, 0.25) is 0 Å². The molecule has 0 aliphatic carbocycles. The molecular weight excluding hydrogens is 1470 g/mol. The van der Waals surface area contributed by atoms with Gasteiger partial charge in [-0.05, 0) is 45.2 Å². The van der Waals surface area contributed by atoms with E-state index in [0.717, 1.165) is 0 Å². The van der Waals surface area contributed by atoms with Crippen LogP contribution in [-0.2, 0) is 0 Å². The zero-order valence-electron chi connectivity index (χ0n) is 7.10. The normalized spacial score (nSPS) is 19.1. The molecule has 0 rings (SSSR count). The van der Waals surface area contributed by atoms with Crippen LogP contribution in [0.3, 0.4) is 0 Å². The summed E-state index contributed by atoms with van der Waals surface area (Å²) >= 11 is 26.3. The number of aliphatic hydroxyl groups is 1.